The van der Waals surface area contributed by atoms with Crippen LogP contribution in [0.1, 0.15) is 36.5 Å². The van der Waals surface area contributed by atoms with E-state index in [9.17, 15) is 9.90 Å². The summed E-state index contributed by atoms with van der Waals surface area (Å²) in [6.45, 7) is 3.52. The summed E-state index contributed by atoms with van der Waals surface area (Å²) in [5.74, 6) is -0.108. The molecule has 1 amide bonds. The average Bonchev–Trinajstić information content (AvgIpc) is 2.47. The number of nitrogens with one attached hydrogen (secondary N) is 1. The number of benzene rings is 1. The summed E-state index contributed by atoms with van der Waals surface area (Å²) >= 11 is 0. The van der Waals surface area contributed by atoms with Crippen LogP contribution in [0.5, 0.6) is 0 Å². The standard InChI is InChI=1S/C15H23N3O2/c1-2-17-15(20)11-6-7-14(13(16)9-11)18-8-4-3-5-12(18)10-19/h6-7,9,12,19H,2-5,8,10,16H2,1H3,(H,17,20). The van der Waals surface area contributed by atoms with Gasteiger partial charge in [0.2, 0.25) is 0 Å². The Balaban J connectivity index is 2.22. The third-order valence-electron chi connectivity index (χ3n) is 3.77. The van der Waals surface area contributed by atoms with Crippen LogP contribution in [0.3, 0.4) is 0 Å². The molecule has 1 aromatic rings. The van der Waals surface area contributed by atoms with E-state index in [0.717, 1.165) is 31.5 Å². The van der Waals surface area contributed by atoms with Crippen LogP contribution in [0.4, 0.5) is 11.4 Å². The number of aliphatic hydroxyl groups is 1. The molecule has 0 radical (unpaired) electrons. The fourth-order valence-corrected chi connectivity index (χ4v) is 2.73. The quantitative estimate of drug-likeness (QED) is 0.726. The Kier molecular flexibility index (Phi) is 4.84. The minimum atomic E-state index is -0.108. The van der Waals surface area contributed by atoms with Gasteiger partial charge in [-0.1, -0.05) is 0 Å². The lowest BCUT2D eigenvalue weighted by molar-refractivity contribution is 0.0956. The first kappa shape index (κ1) is 14.7. The molecule has 110 valence electrons. The van der Waals surface area contributed by atoms with Gasteiger partial charge in [-0.3, -0.25) is 4.79 Å². The van der Waals surface area contributed by atoms with Crippen LogP contribution in [-0.2, 0) is 0 Å². The van der Waals surface area contributed by atoms with Crippen molar-refractivity contribution in [2.24, 2.45) is 0 Å². The molecule has 4 N–H and O–H groups in total. The van der Waals surface area contributed by atoms with Crippen LogP contribution >= 0.6 is 0 Å². The molecule has 1 aromatic carbocycles. The zero-order valence-electron chi connectivity index (χ0n) is 11.9. The normalized spacial score (nSPS) is 18.9. The van der Waals surface area contributed by atoms with E-state index in [0.29, 0.717) is 17.8 Å². The molecule has 1 fully saturated rings. The predicted octanol–water partition coefficient (Wildman–Crippen LogP) is 1.37. The molecule has 0 spiro atoms. The van der Waals surface area contributed by atoms with Gasteiger partial charge in [0.15, 0.2) is 0 Å². The van der Waals surface area contributed by atoms with E-state index in [1.54, 1.807) is 12.1 Å². The van der Waals surface area contributed by atoms with E-state index in [4.69, 9.17) is 5.73 Å². The van der Waals surface area contributed by atoms with Crippen molar-refractivity contribution in [2.45, 2.75) is 32.2 Å². The van der Waals surface area contributed by atoms with Crippen LogP contribution in [0, 0.1) is 0 Å². The van der Waals surface area contributed by atoms with Gasteiger partial charge >= 0.3 is 0 Å². The Morgan fingerprint density at radius 1 is 1.50 bits per heavy atom. The van der Waals surface area contributed by atoms with Crippen molar-refractivity contribution in [3.05, 3.63) is 23.8 Å². The second kappa shape index (κ2) is 6.61. The number of anilines is 2. The predicted molar refractivity (Wildman–Crippen MR) is 80.9 cm³/mol. The third kappa shape index (κ3) is 3.04. The van der Waals surface area contributed by atoms with Crippen molar-refractivity contribution in [3.8, 4) is 0 Å². The second-order valence-electron chi connectivity index (χ2n) is 5.16. The number of nitrogens with two attached hydrogens (primary N) is 1. The molecule has 1 unspecified atom stereocenters. The number of hydrogen-bond acceptors (Lipinski definition) is 4. The van der Waals surface area contributed by atoms with Gasteiger partial charge in [0.25, 0.3) is 5.91 Å². The van der Waals surface area contributed by atoms with Gasteiger partial charge in [0, 0.05) is 18.7 Å². The Morgan fingerprint density at radius 3 is 2.95 bits per heavy atom. The topological polar surface area (TPSA) is 78.6 Å². The van der Waals surface area contributed by atoms with Crippen LogP contribution < -0.4 is 16.0 Å². The molecule has 1 saturated heterocycles. The molecular weight excluding hydrogens is 254 g/mol. The molecule has 1 heterocycles. The number of nitrogen functional groups attached to an aromatic ring is 1. The highest BCUT2D eigenvalue weighted by molar-refractivity contribution is 5.96. The lowest BCUT2D eigenvalue weighted by atomic mass is 10.0. The second-order valence-corrected chi connectivity index (χ2v) is 5.16. The van der Waals surface area contributed by atoms with Crippen molar-refractivity contribution < 1.29 is 9.90 Å². The molecule has 1 aliphatic heterocycles. The van der Waals surface area contributed by atoms with Crippen LogP contribution in [0.15, 0.2) is 18.2 Å². The maximum Gasteiger partial charge on any atom is 0.251 e. The number of carbonyl (C=O) groups excluding carboxylic acids is 1. The zero-order valence-corrected chi connectivity index (χ0v) is 11.9. The van der Waals surface area contributed by atoms with E-state index in [1.807, 2.05) is 13.0 Å². The first-order chi connectivity index (χ1) is 9.67. The summed E-state index contributed by atoms with van der Waals surface area (Å²) in [7, 11) is 0. The largest absolute Gasteiger partial charge is 0.397 e. The maximum absolute atomic E-state index is 11.8. The molecule has 5 heteroatoms. The summed E-state index contributed by atoms with van der Waals surface area (Å²) < 4.78 is 0. The van der Waals surface area contributed by atoms with Crippen LogP contribution in [-0.4, -0.2) is 36.8 Å². The van der Waals surface area contributed by atoms with Gasteiger partial charge < -0.3 is 21.1 Å². The molecule has 2 rings (SSSR count). The number of carbonyl (C=O) groups is 1. The number of hydrogen-bond donors (Lipinski definition) is 3. The fraction of sp³-hybridized carbons (Fsp3) is 0.533. The number of nitrogens with zero attached hydrogens (tertiary/aromatic N) is 1. The molecule has 0 aliphatic carbocycles. The number of aliphatic hydroxyl groups excluding tert-OH is 1. The van der Waals surface area contributed by atoms with E-state index in [2.05, 4.69) is 10.2 Å². The summed E-state index contributed by atoms with van der Waals surface area (Å²) in [6, 6.07) is 5.51. The van der Waals surface area contributed by atoms with Gasteiger partial charge in [-0.05, 0) is 44.4 Å². The lowest BCUT2D eigenvalue weighted by Gasteiger charge is -2.37. The summed E-state index contributed by atoms with van der Waals surface area (Å²) in [5, 5.41) is 12.2. The first-order valence-electron chi connectivity index (χ1n) is 7.22. The van der Waals surface area contributed by atoms with E-state index in [1.165, 1.54) is 0 Å². The van der Waals surface area contributed by atoms with E-state index < -0.39 is 0 Å². The van der Waals surface area contributed by atoms with Crippen LogP contribution in [0.2, 0.25) is 0 Å². The van der Waals surface area contributed by atoms with Crippen molar-refractivity contribution >= 4 is 17.3 Å². The Bertz CT molecular complexity index is 476. The SMILES string of the molecule is CCNC(=O)c1ccc(N2CCCCC2CO)c(N)c1. The zero-order chi connectivity index (χ0) is 14.5. The van der Waals surface area contributed by atoms with Crippen molar-refractivity contribution in [2.75, 3.05) is 30.3 Å². The Hall–Kier alpha value is -1.75. The molecule has 20 heavy (non-hydrogen) atoms. The van der Waals surface area contributed by atoms with E-state index >= 15 is 0 Å². The molecule has 1 aliphatic rings. The molecule has 1 atom stereocenters. The molecule has 5 nitrogen and oxygen atoms in total. The lowest BCUT2D eigenvalue weighted by Crippen LogP contribution is -2.42. The van der Waals surface area contributed by atoms with Crippen molar-refractivity contribution in [1.29, 1.82) is 0 Å². The molecule has 0 bridgehead atoms. The Morgan fingerprint density at radius 2 is 2.30 bits per heavy atom. The van der Waals surface area contributed by atoms with Gasteiger partial charge in [0.05, 0.1) is 24.0 Å². The minimum Gasteiger partial charge on any atom is -0.397 e. The monoisotopic (exact) mass is 277 g/mol. The van der Waals surface area contributed by atoms with E-state index in [-0.39, 0.29) is 18.6 Å². The van der Waals surface area contributed by atoms with Crippen LogP contribution in [0.25, 0.3) is 0 Å². The molecular formula is C15H23N3O2. The minimum absolute atomic E-state index is 0.108. The van der Waals surface area contributed by atoms with Gasteiger partial charge in [-0.15, -0.1) is 0 Å². The van der Waals surface area contributed by atoms with Crippen molar-refractivity contribution in [3.63, 3.8) is 0 Å². The van der Waals surface area contributed by atoms with Gasteiger partial charge in [-0.25, -0.2) is 0 Å². The molecule has 0 saturated carbocycles. The maximum atomic E-state index is 11.8. The first-order valence-corrected chi connectivity index (χ1v) is 7.22. The summed E-state index contributed by atoms with van der Waals surface area (Å²) in [6.07, 6.45) is 3.22. The Labute approximate surface area is 119 Å². The fourth-order valence-electron chi connectivity index (χ4n) is 2.73. The number of rotatable bonds is 4. The highest BCUT2D eigenvalue weighted by Crippen LogP contribution is 2.30. The highest BCUT2D eigenvalue weighted by Gasteiger charge is 2.23. The summed E-state index contributed by atoms with van der Waals surface area (Å²) in [4.78, 5) is 13.9. The smallest absolute Gasteiger partial charge is 0.251 e. The average molecular weight is 277 g/mol. The summed E-state index contributed by atoms with van der Waals surface area (Å²) in [5.41, 5.74) is 8.18. The highest BCUT2D eigenvalue weighted by atomic mass is 16.3. The van der Waals surface area contributed by atoms with Gasteiger partial charge in [-0.2, -0.15) is 0 Å². The molecule has 0 aromatic heterocycles. The number of piperidine rings is 1. The third-order valence-corrected chi connectivity index (χ3v) is 3.77. The van der Waals surface area contributed by atoms with Crippen molar-refractivity contribution in [1.82, 2.24) is 5.32 Å². The van der Waals surface area contributed by atoms with Gasteiger partial charge in [0.1, 0.15) is 0 Å². The number of amides is 1.